The number of esters is 3. The van der Waals surface area contributed by atoms with Gasteiger partial charge in [0, 0.05) is 0 Å². The molecule has 0 aliphatic rings. The van der Waals surface area contributed by atoms with Crippen molar-refractivity contribution in [3.05, 3.63) is 47.5 Å². The SMILES string of the molecule is CCOC(=O)c1ccc(C/C=C/CC(C(=O)OCC)C(=O)OCC)cc1. The molecule has 6 nitrogen and oxygen atoms in total. The zero-order valence-corrected chi connectivity index (χ0v) is 15.5. The molecule has 142 valence electrons. The molecule has 0 saturated carbocycles. The Labute approximate surface area is 154 Å². The van der Waals surface area contributed by atoms with Gasteiger partial charge in [-0.15, -0.1) is 0 Å². The van der Waals surface area contributed by atoms with Gasteiger partial charge in [-0.25, -0.2) is 4.79 Å². The van der Waals surface area contributed by atoms with E-state index in [-0.39, 0.29) is 25.6 Å². The fraction of sp³-hybridized carbons (Fsp3) is 0.450. The van der Waals surface area contributed by atoms with Crippen LogP contribution >= 0.6 is 0 Å². The van der Waals surface area contributed by atoms with Gasteiger partial charge in [0.2, 0.25) is 0 Å². The zero-order chi connectivity index (χ0) is 19.4. The summed E-state index contributed by atoms with van der Waals surface area (Å²) in [4.78, 5) is 35.4. The summed E-state index contributed by atoms with van der Waals surface area (Å²) < 4.78 is 14.8. The van der Waals surface area contributed by atoms with E-state index in [2.05, 4.69) is 0 Å². The highest BCUT2D eigenvalue weighted by Gasteiger charge is 2.28. The second-order valence-electron chi connectivity index (χ2n) is 5.39. The Hall–Kier alpha value is -2.63. The lowest BCUT2D eigenvalue weighted by Gasteiger charge is -2.12. The molecule has 0 aliphatic carbocycles. The maximum atomic E-state index is 11.9. The van der Waals surface area contributed by atoms with E-state index in [1.54, 1.807) is 39.0 Å². The molecule has 0 amide bonds. The lowest BCUT2D eigenvalue weighted by atomic mass is 10.0. The summed E-state index contributed by atoms with van der Waals surface area (Å²) in [6.45, 7) is 5.91. The van der Waals surface area contributed by atoms with Crippen molar-refractivity contribution in [1.29, 1.82) is 0 Å². The number of ether oxygens (including phenoxy) is 3. The first-order chi connectivity index (χ1) is 12.5. The van der Waals surface area contributed by atoms with Crippen molar-refractivity contribution < 1.29 is 28.6 Å². The first kappa shape index (κ1) is 21.4. The summed E-state index contributed by atoms with van der Waals surface area (Å²) in [7, 11) is 0. The third kappa shape index (κ3) is 7.09. The van der Waals surface area contributed by atoms with E-state index in [0.29, 0.717) is 18.6 Å². The maximum Gasteiger partial charge on any atom is 0.338 e. The molecule has 0 spiro atoms. The highest BCUT2D eigenvalue weighted by atomic mass is 16.6. The number of rotatable bonds is 10. The van der Waals surface area contributed by atoms with Crippen molar-refractivity contribution in [2.75, 3.05) is 19.8 Å². The standard InChI is InChI=1S/C20H26O6/c1-4-24-18(21)16-13-11-15(12-14-16)9-7-8-10-17(19(22)25-5-2)20(23)26-6-3/h7-8,11-14,17H,4-6,9-10H2,1-3H3/b8-7+. The van der Waals surface area contributed by atoms with Crippen LogP contribution in [0.1, 0.15) is 43.1 Å². The molecule has 1 aromatic rings. The minimum absolute atomic E-state index is 0.214. The third-order valence-corrected chi connectivity index (χ3v) is 3.50. The van der Waals surface area contributed by atoms with Crippen LogP contribution in [0.5, 0.6) is 0 Å². The van der Waals surface area contributed by atoms with Crippen molar-refractivity contribution in [1.82, 2.24) is 0 Å². The zero-order valence-electron chi connectivity index (χ0n) is 15.5. The Morgan fingerprint density at radius 2 is 1.38 bits per heavy atom. The van der Waals surface area contributed by atoms with Gasteiger partial charge >= 0.3 is 17.9 Å². The molecule has 0 aliphatic heterocycles. The second-order valence-corrected chi connectivity index (χ2v) is 5.39. The summed E-state index contributed by atoms with van der Waals surface area (Å²) in [6.07, 6.45) is 4.46. The van der Waals surface area contributed by atoms with Crippen molar-refractivity contribution >= 4 is 17.9 Å². The Morgan fingerprint density at radius 1 is 0.846 bits per heavy atom. The monoisotopic (exact) mass is 362 g/mol. The predicted molar refractivity (Wildman–Crippen MR) is 96.6 cm³/mol. The predicted octanol–water partition coefficient (Wildman–Crippen LogP) is 3.09. The summed E-state index contributed by atoms with van der Waals surface area (Å²) in [6, 6.07) is 7.10. The quantitative estimate of drug-likeness (QED) is 0.275. The number of allylic oxidation sites excluding steroid dienone is 2. The Kier molecular flexibility index (Phi) is 9.75. The molecule has 26 heavy (non-hydrogen) atoms. The summed E-state index contributed by atoms with van der Waals surface area (Å²) in [5, 5.41) is 0. The number of hydrogen-bond donors (Lipinski definition) is 0. The van der Waals surface area contributed by atoms with E-state index in [1.165, 1.54) is 0 Å². The van der Waals surface area contributed by atoms with Crippen molar-refractivity contribution in [2.24, 2.45) is 5.92 Å². The Bertz CT molecular complexity index is 600. The van der Waals surface area contributed by atoms with Crippen LogP contribution in [0.15, 0.2) is 36.4 Å². The average Bonchev–Trinajstić information content (AvgIpc) is 2.62. The van der Waals surface area contributed by atoms with Crippen molar-refractivity contribution in [3.63, 3.8) is 0 Å². The lowest BCUT2D eigenvalue weighted by Crippen LogP contribution is -2.27. The molecule has 0 fully saturated rings. The molecule has 0 atom stereocenters. The van der Waals surface area contributed by atoms with Gasteiger partial charge in [-0.3, -0.25) is 9.59 Å². The largest absolute Gasteiger partial charge is 0.465 e. The maximum absolute atomic E-state index is 11.9. The van der Waals surface area contributed by atoms with Crippen LogP contribution in [0, 0.1) is 5.92 Å². The number of carbonyl (C=O) groups is 3. The van der Waals surface area contributed by atoms with Gasteiger partial charge in [-0.1, -0.05) is 24.3 Å². The molecule has 1 rings (SSSR count). The lowest BCUT2D eigenvalue weighted by molar-refractivity contribution is -0.161. The molecule has 6 heteroatoms. The van der Waals surface area contributed by atoms with Crippen molar-refractivity contribution in [3.8, 4) is 0 Å². The van der Waals surface area contributed by atoms with Gasteiger partial charge in [-0.05, 0) is 51.3 Å². The molecular formula is C20H26O6. The topological polar surface area (TPSA) is 78.9 Å². The minimum atomic E-state index is -0.947. The Morgan fingerprint density at radius 3 is 1.88 bits per heavy atom. The molecule has 0 saturated heterocycles. The van der Waals surface area contributed by atoms with E-state index >= 15 is 0 Å². The molecular weight excluding hydrogens is 336 g/mol. The minimum Gasteiger partial charge on any atom is -0.465 e. The summed E-state index contributed by atoms with van der Waals surface area (Å²) in [5.41, 5.74) is 1.50. The number of carbonyl (C=O) groups excluding carboxylic acids is 3. The van der Waals surface area contributed by atoms with Crippen LogP contribution in [-0.4, -0.2) is 37.7 Å². The molecule has 0 unspecified atom stereocenters. The van der Waals surface area contributed by atoms with Crippen LogP contribution in [-0.2, 0) is 30.2 Å². The number of hydrogen-bond acceptors (Lipinski definition) is 6. The van der Waals surface area contributed by atoms with E-state index in [4.69, 9.17) is 14.2 Å². The average molecular weight is 362 g/mol. The molecule has 0 aromatic heterocycles. The van der Waals surface area contributed by atoms with Gasteiger partial charge in [0.05, 0.1) is 25.4 Å². The molecule has 0 bridgehead atoms. The molecule has 0 N–H and O–H groups in total. The van der Waals surface area contributed by atoms with Crippen LogP contribution < -0.4 is 0 Å². The fourth-order valence-electron chi connectivity index (χ4n) is 2.22. The van der Waals surface area contributed by atoms with Crippen molar-refractivity contribution in [2.45, 2.75) is 33.6 Å². The molecule has 0 radical (unpaired) electrons. The van der Waals surface area contributed by atoms with Crippen LogP contribution in [0.25, 0.3) is 0 Å². The second kappa shape index (κ2) is 11.8. The highest BCUT2D eigenvalue weighted by molar-refractivity contribution is 5.95. The third-order valence-electron chi connectivity index (χ3n) is 3.50. The van der Waals surface area contributed by atoms with E-state index in [9.17, 15) is 14.4 Å². The Balaban J connectivity index is 2.61. The van der Waals surface area contributed by atoms with E-state index < -0.39 is 17.9 Å². The van der Waals surface area contributed by atoms with Gasteiger partial charge in [0.1, 0.15) is 0 Å². The first-order valence-corrected chi connectivity index (χ1v) is 8.77. The normalized spacial score (nSPS) is 10.8. The smallest absolute Gasteiger partial charge is 0.338 e. The summed E-state index contributed by atoms with van der Waals surface area (Å²) >= 11 is 0. The summed E-state index contributed by atoms with van der Waals surface area (Å²) in [5.74, 6) is -2.44. The number of benzene rings is 1. The van der Waals surface area contributed by atoms with Gasteiger partial charge in [0.25, 0.3) is 0 Å². The van der Waals surface area contributed by atoms with Crippen LogP contribution in [0.3, 0.4) is 0 Å². The van der Waals surface area contributed by atoms with Crippen LogP contribution in [0.4, 0.5) is 0 Å². The van der Waals surface area contributed by atoms with Gasteiger partial charge in [-0.2, -0.15) is 0 Å². The first-order valence-electron chi connectivity index (χ1n) is 8.77. The molecule has 0 heterocycles. The fourth-order valence-corrected chi connectivity index (χ4v) is 2.22. The van der Waals surface area contributed by atoms with Crippen LogP contribution in [0.2, 0.25) is 0 Å². The van der Waals surface area contributed by atoms with E-state index in [1.807, 2.05) is 18.2 Å². The molecule has 1 aromatic carbocycles. The van der Waals surface area contributed by atoms with E-state index in [0.717, 1.165) is 5.56 Å². The highest BCUT2D eigenvalue weighted by Crippen LogP contribution is 2.12. The van der Waals surface area contributed by atoms with Gasteiger partial charge in [0.15, 0.2) is 5.92 Å². The van der Waals surface area contributed by atoms with Gasteiger partial charge < -0.3 is 14.2 Å².